The Labute approximate surface area is 144 Å². The molecule has 5 nitrogen and oxygen atoms in total. The van der Waals surface area contributed by atoms with Crippen molar-refractivity contribution >= 4 is 27.9 Å². The SMILES string of the molecule is CCCC1=C(C(=O)OCC)C(c2ccc(Br)cc2)NC(=O)N1C. The predicted molar refractivity (Wildman–Crippen MR) is 91.7 cm³/mol. The van der Waals surface area contributed by atoms with Crippen molar-refractivity contribution in [2.45, 2.75) is 32.7 Å². The maximum absolute atomic E-state index is 12.5. The second-order valence-corrected chi connectivity index (χ2v) is 6.24. The van der Waals surface area contributed by atoms with Crippen molar-refractivity contribution in [1.82, 2.24) is 10.2 Å². The third kappa shape index (κ3) is 3.75. The van der Waals surface area contributed by atoms with Gasteiger partial charge in [-0.2, -0.15) is 0 Å². The molecule has 23 heavy (non-hydrogen) atoms. The highest BCUT2D eigenvalue weighted by molar-refractivity contribution is 9.10. The van der Waals surface area contributed by atoms with Crippen LogP contribution in [0.1, 0.15) is 38.3 Å². The molecule has 124 valence electrons. The number of halogens is 1. The van der Waals surface area contributed by atoms with Crippen LogP contribution in [0.5, 0.6) is 0 Å². The molecule has 0 saturated carbocycles. The van der Waals surface area contributed by atoms with E-state index in [1.165, 1.54) is 4.90 Å². The number of carbonyl (C=O) groups excluding carboxylic acids is 2. The van der Waals surface area contributed by atoms with E-state index in [9.17, 15) is 9.59 Å². The first-order chi connectivity index (χ1) is 11.0. The topological polar surface area (TPSA) is 58.6 Å². The largest absolute Gasteiger partial charge is 0.463 e. The van der Waals surface area contributed by atoms with Gasteiger partial charge in [-0.25, -0.2) is 9.59 Å². The average Bonchev–Trinajstić information content (AvgIpc) is 2.52. The van der Waals surface area contributed by atoms with Crippen LogP contribution in [-0.4, -0.2) is 30.6 Å². The quantitative estimate of drug-likeness (QED) is 0.791. The number of esters is 1. The zero-order valence-electron chi connectivity index (χ0n) is 13.6. The first-order valence-corrected chi connectivity index (χ1v) is 8.48. The van der Waals surface area contributed by atoms with Gasteiger partial charge >= 0.3 is 12.0 Å². The maximum atomic E-state index is 12.5. The van der Waals surface area contributed by atoms with Gasteiger partial charge in [-0.05, 0) is 31.0 Å². The van der Waals surface area contributed by atoms with E-state index in [0.717, 1.165) is 22.2 Å². The second kappa shape index (κ2) is 7.64. The summed E-state index contributed by atoms with van der Waals surface area (Å²) < 4.78 is 6.17. The standard InChI is InChI=1S/C17H21BrN2O3/c1-4-6-13-14(16(21)23-5-2)15(19-17(22)20(13)3)11-7-9-12(18)10-8-11/h7-10,15H,4-6H2,1-3H3,(H,19,22). The lowest BCUT2D eigenvalue weighted by Gasteiger charge is -2.34. The number of rotatable bonds is 5. The third-order valence-electron chi connectivity index (χ3n) is 3.76. The summed E-state index contributed by atoms with van der Waals surface area (Å²) >= 11 is 3.40. The number of urea groups is 1. The molecule has 0 radical (unpaired) electrons. The van der Waals surface area contributed by atoms with Gasteiger partial charge in [0.05, 0.1) is 18.2 Å². The Balaban J connectivity index is 2.54. The third-order valence-corrected chi connectivity index (χ3v) is 4.29. The minimum atomic E-state index is -0.493. The van der Waals surface area contributed by atoms with Gasteiger partial charge in [0, 0.05) is 17.2 Å². The van der Waals surface area contributed by atoms with Crippen LogP contribution in [-0.2, 0) is 9.53 Å². The van der Waals surface area contributed by atoms with Gasteiger partial charge in [-0.3, -0.25) is 0 Å². The molecular formula is C17H21BrN2O3. The molecule has 0 fully saturated rings. The molecule has 1 aliphatic rings. The van der Waals surface area contributed by atoms with E-state index in [2.05, 4.69) is 21.2 Å². The highest BCUT2D eigenvalue weighted by atomic mass is 79.9. The van der Waals surface area contributed by atoms with Crippen molar-refractivity contribution < 1.29 is 14.3 Å². The summed E-state index contributed by atoms with van der Waals surface area (Å²) in [5, 5.41) is 2.89. The van der Waals surface area contributed by atoms with E-state index in [1.807, 2.05) is 31.2 Å². The summed E-state index contributed by atoms with van der Waals surface area (Å²) in [6, 6.07) is 6.86. The van der Waals surface area contributed by atoms with Gasteiger partial charge in [0.1, 0.15) is 0 Å². The molecule has 1 atom stereocenters. The van der Waals surface area contributed by atoms with Crippen LogP contribution in [0, 0.1) is 0 Å². The summed E-state index contributed by atoms with van der Waals surface area (Å²) in [5.41, 5.74) is 2.09. The van der Waals surface area contributed by atoms with Crippen molar-refractivity contribution in [1.29, 1.82) is 0 Å². The van der Waals surface area contributed by atoms with Gasteiger partial charge in [-0.1, -0.05) is 41.4 Å². The Morgan fingerprint density at radius 1 is 1.30 bits per heavy atom. The molecule has 1 aromatic rings. The molecule has 1 unspecified atom stereocenters. The zero-order chi connectivity index (χ0) is 17.0. The zero-order valence-corrected chi connectivity index (χ0v) is 15.1. The maximum Gasteiger partial charge on any atom is 0.338 e. The van der Waals surface area contributed by atoms with Crippen LogP contribution in [0.15, 0.2) is 40.0 Å². The van der Waals surface area contributed by atoms with Crippen molar-refractivity contribution in [3.8, 4) is 0 Å². The Morgan fingerprint density at radius 2 is 1.96 bits per heavy atom. The van der Waals surface area contributed by atoms with Gasteiger partial charge in [0.2, 0.25) is 0 Å². The molecule has 0 spiro atoms. The Kier molecular flexibility index (Phi) is 5.82. The van der Waals surface area contributed by atoms with Gasteiger partial charge in [0.15, 0.2) is 0 Å². The van der Waals surface area contributed by atoms with E-state index in [0.29, 0.717) is 18.6 Å². The van der Waals surface area contributed by atoms with Crippen LogP contribution in [0.2, 0.25) is 0 Å². The number of hydrogen-bond acceptors (Lipinski definition) is 3. The van der Waals surface area contributed by atoms with Crippen molar-refractivity contribution in [2.75, 3.05) is 13.7 Å². The molecule has 0 saturated heterocycles. The highest BCUT2D eigenvalue weighted by Gasteiger charge is 2.36. The molecule has 6 heteroatoms. The summed E-state index contributed by atoms with van der Waals surface area (Å²) in [5.74, 6) is -0.379. The van der Waals surface area contributed by atoms with E-state index in [4.69, 9.17) is 4.74 Å². The van der Waals surface area contributed by atoms with Crippen molar-refractivity contribution in [3.63, 3.8) is 0 Å². The van der Waals surface area contributed by atoms with E-state index in [-0.39, 0.29) is 12.0 Å². The van der Waals surface area contributed by atoms with Gasteiger partial charge in [0.25, 0.3) is 0 Å². The average molecular weight is 381 g/mol. The number of benzene rings is 1. The van der Waals surface area contributed by atoms with Crippen LogP contribution < -0.4 is 5.32 Å². The van der Waals surface area contributed by atoms with Crippen molar-refractivity contribution in [3.05, 3.63) is 45.6 Å². The lowest BCUT2D eigenvalue weighted by Crippen LogP contribution is -2.46. The molecule has 2 rings (SSSR count). The normalized spacial score (nSPS) is 18.0. The molecule has 1 heterocycles. The molecule has 0 aromatic heterocycles. The number of nitrogens with one attached hydrogen (secondary N) is 1. The molecule has 0 aliphatic carbocycles. The lowest BCUT2D eigenvalue weighted by atomic mass is 9.93. The van der Waals surface area contributed by atoms with Gasteiger partial charge in [-0.15, -0.1) is 0 Å². The first kappa shape index (κ1) is 17.5. The second-order valence-electron chi connectivity index (χ2n) is 5.32. The Morgan fingerprint density at radius 3 is 2.52 bits per heavy atom. The molecule has 1 aliphatic heterocycles. The Bertz CT molecular complexity index is 625. The monoisotopic (exact) mass is 380 g/mol. The smallest absolute Gasteiger partial charge is 0.338 e. The molecule has 1 aromatic carbocycles. The fourth-order valence-electron chi connectivity index (χ4n) is 2.65. The highest BCUT2D eigenvalue weighted by Crippen LogP contribution is 2.33. The number of amides is 2. The summed E-state index contributed by atoms with van der Waals surface area (Å²) in [7, 11) is 1.68. The number of hydrogen-bond donors (Lipinski definition) is 1. The van der Waals surface area contributed by atoms with Crippen molar-refractivity contribution in [2.24, 2.45) is 0 Å². The molecule has 0 bridgehead atoms. The summed E-state index contributed by atoms with van der Waals surface area (Å²) in [4.78, 5) is 26.3. The fourth-order valence-corrected chi connectivity index (χ4v) is 2.92. The van der Waals surface area contributed by atoms with Crippen LogP contribution in [0.25, 0.3) is 0 Å². The minimum Gasteiger partial charge on any atom is -0.463 e. The van der Waals surface area contributed by atoms with E-state index in [1.54, 1.807) is 14.0 Å². The number of ether oxygens (including phenoxy) is 1. The van der Waals surface area contributed by atoms with Gasteiger partial charge < -0.3 is 15.0 Å². The molecule has 1 N–H and O–H groups in total. The first-order valence-electron chi connectivity index (χ1n) is 7.69. The molecule has 2 amide bonds. The number of carbonyl (C=O) groups is 2. The lowest BCUT2D eigenvalue weighted by molar-refractivity contribution is -0.139. The van der Waals surface area contributed by atoms with Crippen LogP contribution >= 0.6 is 15.9 Å². The van der Waals surface area contributed by atoms with E-state index >= 15 is 0 Å². The molecular weight excluding hydrogens is 360 g/mol. The number of allylic oxidation sites excluding steroid dienone is 1. The van der Waals surface area contributed by atoms with Crippen LogP contribution in [0.3, 0.4) is 0 Å². The summed E-state index contributed by atoms with van der Waals surface area (Å²) in [6.07, 6.45) is 1.48. The number of nitrogens with zero attached hydrogens (tertiary/aromatic N) is 1. The van der Waals surface area contributed by atoms with E-state index < -0.39 is 6.04 Å². The summed E-state index contributed by atoms with van der Waals surface area (Å²) in [6.45, 7) is 4.09. The predicted octanol–water partition coefficient (Wildman–Crippen LogP) is 3.76. The van der Waals surface area contributed by atoms with Crippen LogP contribution in [0.4, 0.5) is 4.79 Å². The fraction of sp³-hybridized carbons (Fsp3) is 0.412. The minimum absolute atomic E-state index is 0.214. The Hall–Kier alpha value is -1.82.